The first-order chi connectivity index (χ1) is 8.61. The molecule has 0 aromatic carbocycles. The standard InChI is InChI=1S/C12H18ClN3O2/c1-8-12(13)11(16(2)14-8)7-18-10-5-3-9(15-17)4-6-10/h10,17H,3-7H2,1-2H3. The van der Waals surface area contributed by atoms with Crippen molar-refractivity contribution in [3.8, 4) is 0 Å². The van der Waals surface area contributed by atoms with E-state index in [9.17, 15) is 0 Å². The van der Waals surface area contributed by atoms with E-state index >= 15 is 0 Å². The summed E-state index contributed by atoms with van der Waals surface area (Å²) in [7, 11) is 1.87. The molecule has 0 atom stereocenters. The van der Waals surface area contributed by atoms with Crippen LogP contribution in [0.4, 0.5) is 0 Å². The molecule has 6 heteroatoms. The first-order valence-electron chi connectivity index (χ1n) is 6.11. The second-order valence-corrected chi connectivity index (χ2v) is 5.02. The molecule has 1 saturated carbocycles. The van der Waals surface area contributed by atoms with Crippen molar-refractivity contribution in [3.63, 3.8) is 0 Å². The molecule has 0 unspecified atom stereocenters. The highest BCUT2D eigenvalue weighted by molar-refractivity contribution is 6.31. The Morgan fingerprint density at radius 2 is 2.17 bits per heavy atom. The van der Waals surface area contributed by atoms with Gasteiger partial charge in [-0.2, -0.15) is 5.10 Å². The van der Waals surface area contributed by atoms with Gasteiger partial charge in [-0.05, 0) is 32.6 Å². The van der Waals surface area contributed by atoms with Crippen LogP contribution in [0, 0.1) is 6.92 Å². The van der Waals surface area contributed by atoms with Crippen LogP contribution in [0.5, 0.6) is 0 Å². The Morgan fingerprint density at radius 3 is 2.67 bits per heavy atom. The molecule has 0 spiro atoms. The molecule has 0 aliphatic heterocycles. The van der Waals surface area contributed by atoms with Crippen molar-refractivity contribution in [1.29, 1.82) is 0 Å². The predicted molar refractivity (Wildman–Crippen MR) is 69.2 cm³/mol. The zero-order valence-corrected chi connectivity index (χ0v) is 11.4. The Balaban J connectivity index is 1.89. The van der Waals surface area contributed by atoms with E-state index in [1.165, 1.54) is 0 Å². The van der Waals surface area contributed by atoms with Crippen molar-refractivity contribution in [1.82, 2.24) is 9.78 Å². The summed E-state index contributed by atoms with van der Waals surface area (Å²) in [6.45, 7) is 2.36. The fourth-order valence-electron chi connectivity index (χ4n) is 2.22. The monoisotopic (exact) mass is 271 g/mol. The molecular formula is C12H18ClN3O2. The molecule has 2 rings (SSSR count). The minimum absolute atomic E-state index is 0.210. The van der Waals surface area contributed by atoms with Crippen LogP contribution >= 0.6 is 11.6 Å². The SMILES string of the molecule is Cc1nn(C)c(COC2CCC(=NO)CC2)c1Cl. The van der Waals surface area contributed by atoms with Crippen LogP contribution in [0.3, 0.4) is 0 Å². The zero-order chi connectivity index (χ0) is 13.1. The topological polar surface area (TPSA) is 59.6 Å². The Morgan fingerprint density at radius 1 is 1.50 bits per heavy atom. The van der Waals surface area contributed by atoms with E-state index in [0.717, 1.165) is 42.8 Å². The van der Waals surface area contributed by atoms with Gasteiger partial charge in [0.05, 0.1) is 34.8 Å². The van der Waals surface area contributed by atoms with Gasteiger partial charge >= 0.3 is 0 Å². The maximum Gasteiger partial charge on any atom is 0.0903 e. The number of rotatable bonds is 3. The predicted octanol–water partition coefficient (Wildman–Crippen LogP) is 2.67. The summed E-state index contributed by atoms with van der Waals surface area (Å²) in [6.07, 6.45) is 3.61. The number of ether oxygens (including phenoxy) is 1. The summed E-state index contributed by atoms with van der Waals surface area (Å²) in [5.41, 5.74) is 2.61. The minimum atomic E-state index is 0.210. The number of nitrogens with zero attached hydrogens (tertiary/aromatic N) is 3. The molecule has 1 N–H and O–H groups in total. The summed E-state index contributed by atoms with van der Waals surface area (Å²) in [6, 6.07) is 0. The minimum Gasteiger partial charge on any atom is -0.411 e. The molecule has 0 amide bonds. The lowest BCUT2D eigenvalue weighted by atomic mass is 9.96. The second-order valence-electron chi connectivity index (χ2n) is 4.65. The average molecular weight is 272 g/mol. The van der Waals surface area contributed by atoms with Crippen molar-refractivity contribution in [3.05, 3.63) is 16.4 Å². The summed E-state index contributed by atoms with van der Waals surface area (Å²) in [4.78, 5) is 0. The Hall–Kier alpha value is -1.07. The van der Waals surface area contributed by atoms with Crippen LogP contribution in [0.1, 0.15) is 37.1 Å². The number of hydrogen-bond donors (Lipinski definition) is 1. The van der Waals surface area contributed by atoms with Gasteiger partial charge in [0.1, 0.15) is 0 Å². The number of aryl methyl sites for hydroxylation is 2. The maximum atomic E-state index is 8.68. The summed E-state index contributed by atoms with van der Waals surface area (Å²) >= 11 is 6.16. The zero-order valence-electron chi connectivity index (χ0n) is 10.7. The molecule has 5 nitrogen and oxygen atoms in total. The summed E-state index contributed by atoms with van der Waals surface area (Å²) in [5, 5.41) is 16.9. The highest BCUT2D eigenvalue weighted by Crippen LogP contribution is 2.24. The third-order valence-corrected chi connectivity index (χ3v) is 3.86. The van der Waals surface area contributed by atoms with Gasteiger partial charge in [-0.15, -0.1) is 0 Å². The number of hydrogen-bond acceptors (Lipinski definition) is 4. The van der Waals surface area contributed by atoms with Gasteiger partial charge < -0.3 is 9.94 Å². The molecule has 0 radical (unpaired) electrons. The third-order valence-electron chi connectivity index (χ3n) is 3.37. The lowest BCUT2D eigenvalue weighted by molar-refractivity contribution is 0.0245. The number of aromatic nitrogens is 2. The Bertz CT molecular complexity index is 446. The first kappa shape index (κ1) is 13.4. The van der Waals surface area contributed by atoms with Crippen LogP contribution in [0.25, 0.3) is 0 Å². The van der Waals surface area contributed by atoms with E-state index in [0.29, 0.717) is 11.6 Å². The van der Waals surface area contributed by atoms with E-state index in [1.807, 2.05) is 14.0 Å². The smallest absolute Gasteiger partial charge is 0.0903 e. The van der Waals surface area contributed by atoms with Gasteiger partial charge in [-0.3, -0.25) is 4.68 Å². The van der Waals surface area contributed by atoms with Gasteiger partial charge in [0.25, 0.3) is 0 Å². The molecular weight excluding hydrogens is 254 g/mol. The van der Waals surface area contributed by atoms with Crippen molar-refractivity contribution in [2.45, 2.75) is 45.3 Å². The van der Waals surface area contributed by atoms with Crippen LogP contribution in [0.15, 0.2) is 5.16 Å². The second kappa shape index (κ2) is 5.71. The van der Waals surface area contributed by atoms with E-state index in [1.54, 1.807) is 4.68 Å². The molecule has 0 bridgehead atoms. The van der Waals surface area contributed by atoms with Crippen LogP contribution < -0.4 is 0 Å². The molecule has 1 aliphatic rings. The van der Waals surface area contributed by atoms with Gasteiger partial charge in [0, 0.05) is 7.05 Å². The molecule has 1 fully saturated rings. The van der Waals surface area contributed by atoms with E-state index < -0.39 is 0 Å². The lowest BCUT2D eigenvalue weighted by Gasteiger charge is -2.22. The average Bonchev–Trinajstić information content (AvgIpc) is 2.62. The van der Waals surface area contributed by atoms with Crippen LogP contribution in [-0.2, 0) is 18.4 Å². The number of oxime groups is 1. The summed E-state index contributed by atoms with van der Waals surface area (Å²) in [5.74, 6) is 0. The molecule has 18 heavy (non-hydrogen) atoms. The molecule has 1 aliphatic carbocycles. The normalized spacial score (nSPS) is 20.2. The van der Waals surface area contributed by atoms with E-state index in [4.69, 9.17) is 21.5 Å². The lowest BCUT2D eigenvalue weighted by Crippen LogP contribution is -2.22. The number of halogens is 1. The van der Waals surface area contributed by atoms with Gasteiger partial charge in [0.2, 0.25) is 0 Å². The molecule has 1 aromatic heterocycles. The van der Waals surface area contributed by atoms with Gasteiger partial charge in [-0.1, -0.05) is 16.8 Å². The van der Waals surface area contributed by atoms with Crippen LogP contribution in [0.2, 0.25) is 5.02 Å². The van der Waals surface area contributed by atoms with E-state index in [2.05, 4.69) is 10.3 Å². The molecule has 100 valence electrons. The van der Waals surface area contributed by atoms with Crippen molar-refractivity contribution in [2.24, 2.45) is 12.2 Å². The fraction of sp³-hybridized carbons (Fsp3) is 0.667. The van der Waals surface area contributed by atoms with Crippen LogP contribution in [-0.4, -0.2) is 26.8 Å². The van der Waals surface area contributed by atoms with Crippen molar-refractivity contribution >= 4 is 17.3 Å². The highest BCUT2D eigenvalue weighted by Gasteiger charge is 2.20. The van der Waals surface area contributed by atoms with Crippen molar-refractivity contribution in [2.75, 3.05) is 0 Å². The highest BCUT2D eigenvalue weighted by atomic mass is 35.5. The van der Waals surface area contributed by atoms with E-state index in [-0.39, 0.29) is 6.10 Å². The Kier molecular flexibility index (Phi) is 4.24. The van der Waals surface area contributed by atoms with Gasteiger partial charge in [-0.25, -0.2) is 0 Å². The Labute approximate surface area is 111 Å². The van der Waals surface area contributed by atoms with Gasteiger partial charge in [0.15, 0.2) is 0 Å². The molecule has 0 saturated heterocycles. The largest absolute Gasteiger partial charge is 0.411 e. The molecule has 1 aromatic rings. The fourth-order valence-corrected chi connectivity index (χ4v) is 2.44. The first-order valence-corrected chi connectivity index (χ1v) is 6.49. The van der Waals surface area contributed by atoms with Crippen molar-refractivity contribution < 1.29 is 9.94 Å². The quantitative estimate of drug-likeness (QED) is 0.679. The molecule has 1 heterocycles. The third kappa shape index (κ3) is 2.84. The maximum absolute atomic E-state index is 8.68. The summed E-state index contributed by atoms with van der Waals surface area (Å²) < 4.78 is 7.62.